The van der Waals surface area contributed by atoms with Crippen molar-refractivity contribution in [1.29, 1.82) is 0 Å². The molecule has 0 bridgehead atoms. The SMILES string of the molecule is CCNC(=NCc1ccnc(-n2cccn2)c1)NCC(c1ccccc1)N(CC)CC. The average molecular weight is 420 g/mol. The summed E-state index contributed by atoms with van der Waals surface area (Å²) in [6, 6.07) is 16.8. The van der Waals surface area contributed by atoms with Crippen LogP contribution in [-0.2, 0) is 6.54 Å². The lowest BCUT2D eigenvalue weighted by atomic mass is 10.1. The smallest absolute Gasteiger partial charge is 0.191 e. The first kappa shape index (κ1) is 22.5. The fourth-order valence-electron chi connectivity index (χ4n) is 3.59. The molecule has 0 aliphatic rings. The van der Waals surface area contributed by atoms with E-state index < -0.39 is 0 Å². The molecule has 0 saturated heterocycles. The number of hydrogen-bond acceptors (Lipinski definition) is 4. The molecular weight excluding hydrogens is 386 g/mol. The van der Waals surface area contributed by atoms with Crippen molar-refractivity contribution >= 4 is 5.96 Å². The van der Waals surface area contributed by atoms with Crippen molar-refractivity contribution in [3.8, 4) is 5.82 Å². The molecule has 7 nitrogen and oxygen atoms in total. The van der Waals surface area contributed by atoms with Crippen LogP contribution in [0.4, 0.5) is 0 Å². The summed E-state index contributed by atoms with van der Waals surface area (Å²) < 4.78 is 1.76. The first-order valence-electron chi connectivity index (χ1n) is 11.0. The number of pyridine rings is 1. The van der Waals surface area contributed by atoms with Gasteiger partial charge in [0.15, 0.2) is 11.8 Å². The minimum absolute atomic E-state index is 0.285. The molecule has 1 atom stereocenters. The number of hydrogen-bond donors (Lipinski definition) is 2. The number of nitrogens with one attached hydrogen (secondary N) is 2. The van der Waals surface area contributed by atoms with Crippen molar-refractivity contribution in [3.63, 3.8) is 0 Å². The molecule has 0 spiro atoms. The zero-order chi connectivity index (χ0) is 21.9. The Balaban J connectivity index is 1.71. The van der Waals surface area contributed by atoms with E-state index in [9.17, 15) is 0 Å². The third-order valence-corrected chi connectivity index (χ3v) is 5.21. The molecule has 2 aromatic heterocycles. The maximum Gasteiger partial charge on any atom is 0.191 e. The fourth-order valence-corrected chi connectivity index (χ4v) is 3.59. The number of benzene rings is 1. The van der Waals surface area contributed by atoms with Gasteiger partial charge in [-0.25, -0.2) is 14.7 Å². The van der Waals surface area contributed by atoms with E-state index in [2.05, 4.69) is 76.7 Å². The third-order valence-electron chi connectivity index (χ3n) is 5.21. The highest BCUT2D eigenvalue weighted by Gasteiger charge is 2.18. The van der Waals surface area contributed by atoms with Gasteiger partial charge >= 0.3 is 0 Å². The van der Waals surface area contributed by atoms with Crippen LogP contribution < -0.4 is 10.6 Å². The Bertz CT molecular complexity index is 918. The van der Waals surface area contributed by atoms with E-state index in [-0.39, 0.29) is 6.04 Å². The van der Waals surface area contributed by atoms with Gasteiger partial charge in [0.05, 0.1) is 12.6 Å². The van der Waals surface area contributed by atoms with Crippen molar-refractivity contribution in [1.82, 2.24) is 30.3 Å². The lowest BCUT2D eigenvalue weighted by Crippen LogP contribution is -2.43. The van der Waals surface area contributed by atoms with E-state index in [1.807, 2.05) is 24.4 Å². The lowest BCUT2D eigenvalue weighted by molar-refractivity contribution is 0.219. The maximum atomic E-state index is 4.80. The number of rotatable bonds is 10. The van der Waals surface area contributed by atoms with Gasteiger partial charge in [-0.2, -0.15) is 5.10 Å². The summed E-state index contributed by atoms with van der Waals surface area (Å²) >= 11 is 0. The Morgan fingerprint density at radius 2 is 1.84 bits per heavy atom. The maximum absolute atomic E-state index is 4.80. The van der Waals surface area contributed by atoms with E-state index in [0.717, 1.165) is 43.5 Å². The standard InChI is InChI=1S/C24H33N7/c1-4-25-24(27-18-20-13-15-26-23(17-20)31-16-10-14-29-31)28-19-22(30(5-2)6-3)21-11-8-7-9-12-21/h7-17,22H,4-6,18-19H2,1-3H3,(H2,25,27,28). The normalized spacial score (nSPS) is 12.7. The van der Waals surface area contributed by atoms with E-state index >= 15 is 0 Å². The van der Waals surface area contributed by atoms with Gasteiger partial charge in [0.1, 0.15) is 0 Å². The summed E-state index contributed by atoms with van der Waals surface area (Å²) in [6.45, 7) is 10.6. The molecule has 0 fully saturated rings. The molecule has 0 aliphatic heterocycles. The van der Waals surface area contributed by atoms with Crippen LogP contribution in [0.5, 0.6) is 0 Å². The van der Waals surface area contributed by atoms with Crippen molar-refractivity contribution in [2.24, 2.45) is 4.99 Å². The molecule has 2 N–H and O–H groups in total. The summed E-state index contributed by atoms with van der Waals surface area (Å²) in [5.74, 6) is 1.61. The highest BCUT2D eigenvalue weighted by atomic mass is 15.3. The number of likely N-dealkylation sites (N-methyl/N-ethyl adjacent to an activating group) is 1. The number of guanidine groups is 1. The van der Waals surface area contributed by atoms with Crippen LogP contribution in [0.25, 0.3) is 5.82 Å². The lowest BCUT2D eigenvalue weighted by Gasteiger charge is -2.30. The van der Waals surface area contributed by atoms with Crippen LogP contribution in [0, 0.1) is 0 Å². The molecule has 3 aromatic rings. The zero-order valence-corrected chi connectivity index (χ0v) is 18.7. The van der Waals surface area contributed by atoms with Gasteiger partial charge in [0, 0.05) is 31.7 Å². The van der Waals surface area contributed by atoms with Crippen molar-refractivity contribution < 1.29 is 0 Å². The highest BCUT2D eigenvalue weighted by molar-refractivity contribution is 5.79. The van der Waals surface area contributed by atoms with Crippen LogP contribution in [0.2, 0.25) is 0 Å². The largest absolute Gasteiger partial charge is 0.357 e. The Morgan fingerprint density at radius 1 is 1.03 bits per heavy atom. The molecule has 1 aromatic carbocycles. The molecule has 0 aliphatic carbocycles. The van der Waals surface area contributed by atoms with E-state index in [1.165, 1.54) is 5.56 Å². The average Bonchev–Trinajstić information content (AvgIpc) is 3.36. The van der Waals surface area contributed by atoms with E-state index in [1.54, 1.807) is 17.1 Å². The highest BCUT2D eigenvalue weighted by Crippen LogP contribution is 2.19. The molecule has 0 saturated carbocycles. The Morgan fingerprint density at radius 3 is 2.52 bits per heavy atom. The van der Waals surface area contributed by atoms with Crippen LogP contribution in [-0.4, -0.2) is 51.8 Å². The molecule has 2 heterocycles. The fraction of sp³-hybridized carbons (Fsp3) is 0.375. The number of nitrogens with zero attached hydrogens (tertiary/aromatic N) is 5. The zero-order valence-electron chi connectivity index (χ0n) is 18.7. The first-order chi connectivity index (χ1) is 15.2. The number of aliphatic imine (C=N–C) groups is 1. The van der Waals surface area contributed by atoms with Crippen molar-refractivity contribution in [2.45, 2.75) is 33.4 Å². The second kappa shape index (κ2) is 11.9. The molecule has 0 radical (unpaired) electrons. The van der Waals surface area contributed by atoms with Crippen LogP contribution in [0.3, 0.4) is 0 Å². The summed E-state index contributed by atoms with van der Waals surface area (Å²) in [6.07, 6.45) is 5.44. The van der Waals surface area contributed by atoms with Crippen LogP contribution in [0.15, 0.2) is 72.1 Å². The van der Waals surface area contributed by atoms with Crippen molar-refractivity contribution in [3.05, 3.63) is 78.2 Å². The predicted octanol–water partition coefficient (Wildman–Crippen LogP) is 3.41. The summed E-state index contributed by atoms with van der Waals surface area (Å²) in [5.41, 5.74) is 2.40. The van der Waals surface area contributed by atoms with Crippen LogP contribution >= 0.6 is 0 Å². The van der Waals surface area contributed by atoms with Gasteiger partial charge in [-0.15, -0.1) is 0 Å². The second-order valence-electron chi connectivity index (χ2n) is 7.20. The molecular formula is C24H33N7. The van der Waals surface area contributed by atoms with Crippen molar-refractivity contribution in [2.75, 3.05) is 26.2 Å². The van der Waals surface area contributed by atoms with Crippen LogP contribution in [0.1, 0.15) is 37.9 Å². The monoisotopic (exact) mass is 419 g/mol. The quantitative estimate of drug-likeness (QED) is 0.389. The first-order valence-corrected chi connectivity index (χ1v) is 11.0. The predicted molar refractivity (Wildman–Crippen MR) is 126 cm³/mol. The Hall–Kier alpha value is -3.19. The molecule has 1 unspecified atom stereocenters. The third kappa shape index (κ3) is 6.39. The summed E-state index contributed by atoms with van der Waals surface area (Å²) in [4.78, 5) is 11.7. The van der Waals surface area contributed by atoms with Gasteiger partial charge in [0.25, 0.3) is 0 Å². The topological polar surface area (TPSA) is 70.4 Å². The minimum Gasteiger partial charge on any atom is -0.357 e. The van der Waals surface area contributed by atoms with Gasteiger partial charge in [0.2, 0.25) is 0 Å². The molecule has 31 heavy (non-hydrogen) atoms. The van der Waals surface area contributed by atoms with Gasteiger partial charge < -0.3 is 10.6 Å². The summed E-state index contributed by atoms with van der Waals surface area (Å²) in [5, 5.41) is 11.2. The molecule has 164 valence electrons. The number of aromatic nitrogens is 3. The molecule has 0 amide bonds. The Labute approximate surface area is 185 Å². The molecule has 3 rings (SSSR count). The molecule has 7 heteroatoms. The minimum atomic E-state index is 0.285. The van der Waals surface area contributed by atoms with Gasteiger partial charge in [-0.1, -0.05) is 44.2 Å². The van der Waals surface area contributed by atoms with Gasteiger partial charge in [-0.3, -0.25) is 4.90 Å². The summed E-state index contributed by atoms with van der Waals surface area (Å²) in [7, 11) is 0. The second-order valence-corrected chi connectivity index (χ2v) is 7.20. The van der Waals surface area contributed by atoms with Gasteiger partial charge in [-0.05, 0) is 49.3 Å². The van der Waals surface area contributed by atoms with E-state index in [4.69, 9.17) is 4.99 Å². The van der Waals surface area contributed by atoms with E-state index in [0.29, 0.717) is 6.54 Å². The Kier molecular flexibility index (Phi) is 8.60.